The third-order valence-electron chi connectivity index (χ3n) is 3.85. The number of aromatic nitrogens is 3. The number of amides is 1. The molecular formula is C15H19N5O. The van der Waals surface area contributed by atoms with Crippen molar-refractivity contribution in [3.63, 3.8) is 0 Å². The highest BCUT2D eigenvalue weighted by Crippen LogP contribution is 2.10. The highest BCUT2D eigenvalue weighted by molar-refractivity contribution is 5.94. The van der Waals surface area contributed by atoms with E-state index in [-0.39, 0.29) is 5.91 Å². The van der Waals surface area contributed by atoms with Gasteiger partial charge in [-0.3, -0.25) is 14.4 Å². The molecule has 1 aliphatic heterocycles. The fourth-order valence-corrected chi connectivity index (χ4v) is 2.54. The van der Waals surface area contributed by atoms with Gasteiger partial charge in [-0.05, 0) is 12.1 Å². The van der Waals surface area contributed by atoms with E-state index in [2.05, 4.69) is 15.0 Å². The summed E-state index contributed by atoms with van der Waals surface area (Å²) in [5.41, 5.74) is 0.763. The van der Waals surface area contributed by atoms with Crippen LogP contribution in [0.25, 0.3) is 0 Å². The lowest BCUT2D eigenvalue weighted by Gasteiger charge is -2.34. The van der Waals surface area contributed by atoms with Gasteiger partial charge in [-0.1, -0.05) is 18.2 Å². The smallest absolute Gasteiger partial charge is 0.253 e. The molecule has 21 heavy (non-hydrogen) atoms. The number of piperazine rings is 1. The molecule has 1 amide bonds. The van der Waals surface area contributed by atoms with E-state index in [1.807, 2.05) is 42.3 Å². The molecule has 3 rings (SSSR count). The molecule has 2 heterocycles. The van der Waals surface area contributed by atoms with E-state index in [1.165, 1.54) is 0 Å². The zero-order chi connectivity index (χ0) is 14.7. The summed E-state index contributed by atoms with van der Waals surface area (Å²) in [7, 11) is 1.90. The van der Waals surface area contributed by atoms with Gasteiger partial charge in [0.1, 0.15) is 12.2 Å². The Morgan fingerprint density at radius 2 is 1.86 bits per heavy atom. The Morgan fingerprint density at radius 1 is 1.14 bits per heavy atom. The van der Waals surface area contributed by atoms with Crippen molar-refractivity contribution in [2.45, 2.75) is 6.54 Å². The first-order chi connectivity index (χ1) is 10.2. The summed E-state index contributed by atoms with van der Waals surface area (Å²) in [5, 5.41) is 4.08. The lowest BCUT2D eigenvalue weighted by Crippen LogP contribution is -2.48. The van der Waals surface area contributed by atoms with Gasteiger partial charge < -0.3 is 4.90 Å². The van der Waals surface area contributed by atoms with Crippen molar-refractivity contribution in [1.29, 1.82) is 0 Å². The molecule has 1 aromatic heterocycles. The number of carbonyl (C=O) groups is 1. The summed E-state index contributed by atoms with van der Waals surface area (Å²) in [6, 6.07) is 9.47. The van der Waals surface area contributed by atoms with E-state index in [1.54, 1.807) is 11.0 Å². The van der Waals surface area contributed by atoms with Crippen LogP contribution in [0, 0.1) is 0 Å². The molecule has 1 aliphatic rings. The van der Waals surface area contributed by atoms with E-state index < -0.39 is 0 Å². The third kappa shape index (κ3) is 3.11. The highest BCUT2D eigenvalue weighted by Gasteiger charge is 2.22. The Morgan fingerprint density at radius 3 is 2.48 bits per heavy atom. The van der Waals surface area contributed by atoms with Crippen LogP contribution < -0.4 is 0 Å². The molecule has 1 aromatic carbocycles. The number of nitrogens with zero attached hydrogens (tertiary/aromatic N) is 5. The van der Waals surface area contributed by atoms with Crippen molar-refractivity contribution in [2.75, 3.05) is 26.2 Å². The fourth-order valence-electron chi connectivity index (χ4n) is 2.54. The molecule has 6 heteroatoms. The Balaban J connectivity index is 1.56. The zero-order valence-electron chi connectivity index (χ0n) is 12.1. The number of rotatable bonds is 3. The van der Waals surface area contributed by atoms with Gasteiger partial charge in [0.15, 0.2) is 0 Å². The van der Waals surface area contributed by atoms with Crippen LogP contribution in [0.15, 0.2) is 36.7 Å². The number of hydrogen-bond donors (Lipinski definition) is 0. The van der Waals surface area contributed by atoms with Crippen LogP contribution in [-0.2, 0) is 13.6 Å². The second kappa shape index (κ2) is 6.05. The lowest BCUT2D eigenvalue weighted by molar-refractivity contribution is 0.0624. The van der Waals surface area contributed by atoms with Crippen molar-refractivity contribution in [3.8, 4) is 0 Å². The molecule has 0 bridgehead atoms. The number of aryl methyl sites for hydroxylation is 1. The van der Waals surface area contributed by atoms with E-state index in [9.17, 15) is 4.79 Å². The van der Waals surface area contributed by atoms with E-state index in [0.29, 0.717) is 0 Å². The van der Waals surface area contributed by atoms with Gasteiger partial charge in [0.05, 0.1) is 6.54 Å². The number of carbonyl (C=O) groups excluding carboxylic acids is 1. The predicted octanol–water partition coefficient (Wildman–Crippen LogP) is 0.773. The van der Waals surface area contributed by atoms with Gasteiger partial charge in [0.25, 0.3) is 5.91 Å². The largest absolute Gasteiger partial charge is 0.336 e. The minimum Gasteiger partial charge on any atom is -0.336 e. The van der Waals surface area contributed by atoms with Crippen LogP contribution in [-0.4, -0.2) is 56.7 Å². The molecular weight excluding hydrogens is 266 g/mol. The number of benzene rings is 1. The molecule has 0 spiro atoms. The molecule has 110 valence electrons. The maximum Gasteiger partial charge on any atom is 0.253 e. The molecule has 1 saturated heterocycles. The van der Waals surface area contributed by atoms with Crippen LogP contribution >= 0.6 is 0 Å². The van der Waals surface area contributed by atoms with Crippen molar-refractivity contribution in [1.82, 2.24) is 24.6 Å². The second-order valence-electron chi connectivity index (χ2n) is 5.23. The normalized spacial score (nSPS) is 16.1. The molecule has 0 unspecified atom stereocenters. The second-order valence-corrected chi connectivity index (χ2v) is 5.23. The van der Waals surface area contributed by atoms with Crippen LogP contribution in [0.3, 0.4) is 0 Å². The van der Waals surface area contributed by atoms with Crippen LogP contribution in [0.2, 0.25) is 0 Å². The quantitative estimate of drug-likeness (QED) is 0.836. The van der Waals surface area contributed by atoms with Crippen LogP contribution in [0.5, 0.6) is 0 Å². The standard InChI is InChI=1S/C15H19N5O/c1-18-14(16-12-17-18)11-19-7-9-20(10-8-19)15(21)13-5-3-2-4-6-13/h2-6,12H,7-11H2,1H3. The molecule has 0 N–H and O–H groups in total. The monoisotopic (exact) mass is 285 g/mol. The van der Waals surface area contributed by atoms with Gasteiger partial charge in [0.2, 0.25) is 0 Å². The van der Waals surface area contributed by atoms with Crippen molar-refractivity contribution < 1.29 is 4.79 Å². The predicted molar refractivity (Wildman–Crippen MR) is 78.6 cm³/mol. The van der Waals surface area contributed by atoms with E-state index in [0.717, 1.165) is 44.1 Å². The first kappa shape index (κ1) is 13.8. The molecule has 1 fully saturated rings. The maximum absolute atomic E-state index is 12.4. The average molecular weight is 285 g/mol. The van der Waals surface area contributed by atoms with Gasteiger partial charge >= 0.3 is 0 Å². The third-order valence-corrected chi connectivity index (χ3v) is 3.85. The molecule has 2 aromatic rings. The summed E-state index contributed by atoms with van der Waals surface area (Å²) < 4.78 is 1.79. The Labute approximate surface area is 124 Å². The van der Waals surface area contributed by atoms with Gasteiger partial charge in [-0.25, -0.2) is 4.98 Å². The molecule has 0 saturated carbocycles. The van der Waals surface area contributed by atoms with Gasteiger partial charge in [0, 0.05) is 38.8 Å². The van der Waals surface area contributed by atoms with Crippen LogP contribution in [0.4, 0.5) is 0 Å². The first-order valence-corrected chi connectivity index (χ1v) is 7.13. The first-order valence-electron chi connectivity index (χ1n) is 7.13. The van der Waals surface area contributed by atoms with E-state index in [4.69, 9.17) is 0 Å². The minimum atomic E-state index is 0.119. The number of hydrogen-bond acceptors (Lipinski definition) is 4. The Kier molecular flexibility index (Phi) is 3.96. The SMILES string of the molecule is Cn1ncnc1CN1CCN(C(=O)c2ccccc2)CC1. The van der Waals surface area contributed by atoms with E-state index >= 15 is 0 Å². The van der Waals surface area contributed by atoms with Gasteiger partial charge in [-0.2, -0.15) is 5.10 Å². The summed E-state index contributed by atoms with van der Waals surface area (Å²) in [6.07, 6.45) is 1.57. The molecule has 0 atom stereocenters. The lowest BCUT2D eigenvalue weighted by atomic mass is 10.2. The summed E-state index contributed by atoms with van der Waals surface area (Å²) in [4.78, 5) is 20.8. The maximum atomic E-state index is 12.4. The van der Waals surface area contributed by atoms with Crippen LogP contribution in [0.1, 0.15) is 16.2 Å². The minimum absolute atomic E-state index is 0.119. The van der Waals surface area contributed by atoms with Gasteiger partial charge in [-0.15, -0.1) is 0 Å². The molecule has 6 nitrogen and oxygen atoms in total. The average Bonchev–Trinajstić information content (AvgIpc) is 2.93. The highest BCUT2D eigenvalue weighted by atomic mass is 16.2. The molecule has 0 radical (unpaired) electrons. The Hall–Kier alpha value is -2.21. The summed E-state index contributed by atoms with van der Waals surface area (Å²) >= 11 is 0. The topological polar surface area (TPSA) is 54.3 Å². The summed E-state index contributed by atoms with van der Waals surface area (Å²) in [5.74, 6) is 1.08. The van der Waals surface area contributed by atoms with Crippen molar-refractivity contribution in [2.24, 2.45) is 7.05 Å². The van der Waals surface area contributed by atoms with Crippen molar-refractivity contribution >= 4 is 5.91 Å². The molecule has 0 aliphatic carbocycles. The zero-order valence-corrected chi connectivity index (χ0v) is 12.1. The Bertz CT molecular complexity index is 602. The van der Waals surface area contributed by atoms with Crippen molar-refractivity contribution in [3.05, 3.63) is 48.0 Å². The fraction of sp³-hybridized carbons (Fsp3) is 0.400. The summed E-state index contributed by atoms with van der Waals surface area (Å²) in [6.45, 7) is 4.03.